The molecule has 0 rings (SSSR count). The fourth-order valence-electron chi connectivity index (χ4n) is 10.0. The molecular formula is C61H119N27O15S. The number of aliphatic hydroxyl groups is 1. The number of aliphatic hydroxyl groups excluding tert-OH is 1. The van der Waals surface area contributed by atoms with Gasteiger partial charge in [0, 0.05) is 25.4 Å². The Morgan fingerprint density at radius 3 is 0.952 bits per heavy atom. The highest BCUT2D eigenvalue weighted by Crippen LogP contribution is 2.12. The fourth-order valence-corrected chi connectivity index (χ4v) is 10.3. The number of carboxylic acids is 1. The van der Waals surface area contributed by atoms with E-state index in [1.54, 1.807) is 0 Å². The summed E-state index contributed by atoms with van der Waals surface area (Å²) >= 11 is 4.24. The Labute approximate surface area is 611 Å². The van der Waals surface area contributed by atoms with Crippen LogP contribution in [0, 0.1) is 16.2 Å². The third-order valence-corrected chi connectivity index (χ3v) is 16.2. The average molecular weight is 1500 g/mol. The van der Waals surface area contributed by atoms with Crippen LogP contribution in [-0.2, 0) is 62.3 Å². The van der Waals surface area contributed by atoms with E-state index in [2.05, 4.69) is 87.1 Å². The number of primary amides is 1. The average Bonchev–Trinajstić information content (AvgIpc) is 0.865. The molecule has 0 aliphatic carbocycles. The van der Waals surface area contributed by atoms with E-state index in [-0.39, 0.29) is 128 Å². The van der Waals surface area contributed by atoms with Gasteiger partial charge in [-0.25, -0.2) is 4.79 Å². The van der Waals surface area contributed by atoms with Gasteiger partial charge in [-0.2, -0.15) is 12.6 Å². The van der Waals surface area contributed by atoms with Crippen molar-refractivity contribution in [2.75, 3.05) is 64.7 Å². The molecule has 0 unspecified atom stereocenters. The Hall–Kier alpha value is -9.01. The van der Waals surface area contributed by atoms with Gasteiger partial charge in [0.15, 0.2) is 17.9 Å². The molecule has 0 aromatic carbocycles. The van der Waals surface area contributed by atoms with Crippen LogP contribution < -0.4 is 132 Å². The highest BCUT2D eigenvalue weighted by Gasteiger charge is 2.37. The molecule has 12 atom stereocenters. The Kier molecular flexibility index (Phi) is 50.7. The molecule has 0 saturated heterocycles. The van der Waals surface area contributed by atoms with E-state index in [4.69, 9.17) is 73.6 Å². The summed E-state index contributed by atoms with van der Waals surface area (Å²) in [7, 11) is 0. The summed E-state index contributed by atoms with van der Waals surface area (Å²) in [6.45, 7) is 1.64. The van der Waals surface area contributed by atoms with E-state index in [1.807, 2.05) is 0 Å². The van der Waals surface area contributed by atoms with E-state index >= 15 is 0 Å². The standard InChI is InChI=1S/C61H119N27O15S/c1-34(89)47(57(101)86-42(58(102)103)22-14-30-77-61(73)74)88-55(99)41(21-13-29-76-60(71)72)84-52(96)38(18-5-10-26-65)85-56(100)43(31-45(68)90)79-46(91)32-78-49(93)44(33-104)87-54(98)39(19-6-11-27-66)82-53(97)40(20-12-28-75-59(69)70)83-51(95)37(17-4-9-25-64)81-50(94)36(16-3-8-24-63)80-48(92)35(67)15-2-7-23-62/h34-44,47,89,104H,2-33,62-67H2,1H3,(H2,68,90)(H,78,93)(H,79,91)(H,80,92)(H,81,94)(H,82,97)(H,83,95)(H,84,96)(H,85,100)(H,86,101)(H,87,98)(H,88,99)(H,102,103)(H4,69,70,75)(H4,71,72,76)(H4,73,74,77)/t34-,35+,36+,37+,38+,39+,40+,41+,42+,43+,44+,47+/m1/s1. The van der Waals surface area contributed by atoms with Gasteiger partial charge in [-0.1, -0.05) is 6.42 Å². The molecule has 0 aliphatic heterocycles. The Bertz CT molecular complexity index is 2740. The number of guanidine groups is 3. The van der Waals surface area contributed by atoms with Gasteiger partial charge in [0.25, 0.3) is 0 Å². The Balaban J connectivity index is 6.81. The first-order chi connectivity index (χ1) is 49.3. The van der Waals surface area contributed by atoms with E-state index in [0.29, 0.717) is 70.9 Å². The van der Waals surface area contributed by atoms with Crippen molar-refractivity contribution in [3.05, 3.63) is 0 Å². The van der Waals surface area contributed by atoms with Gasteiger partial charge in [0.1, 0.15) is 60.4 Å². The van der Waals surface area contributed by atoms with Gasteiger partial charge >= 0.3 is 5.97 Å². The molecule has 0 heterocycles. The van der Waals surface area contributed by atoms with Gasteiger partial charge in [0.2, 0.25) is 70.9 Å². The molecule has 0 bridgehead atoms. The Morgan fingerprint density at radius 2 is 0.644 bits per heavy atom. The van der Waals surface area contributed by atoms with Crippen molar-refractivity contribution in [1.29, 1.82) is 16.2 Å². The van der Waals surface area contributed by atoms with Crippen LogP contribution in [0.2, 0.25) is 0 Å². The van der Waals surface area contributed by atoms with Crippen molar-refractivity contribution < 1.29 is 72.5 Å². The second kappa shape index (κ2) is 55.5. The smallest absolute Gasteiger partial charge is 0.326 e. The first-order valence-corrected chi connectivity index (χ1v) is 35.5. The lowest BCUT2D eigenvalue weighted by Gasteiger charge is -2.28. The number of carbonyl (C=O) groups is 13. The number of nitrogens with one attached hydrogen (secondary N) is 17. The number of amides is 12. The van der Waals surface area contributed by atoms with E-state index < -0.39 is 174 Å². The van der Waals surface area contributed by atoms with Gasteiger partial charge in [0.05, 0.1) is 25.1 Å². The largest absolute Gasteiger partial charge is 0.480 e. The zero-order valence-corrected chi connectivity index (χ0v) is 60.4. The number of rotatable bonds is 59. The molecule has 0 fully saturated rings. The lowest BCUT2D eigenvalue weighted by molar-refractivity contribution is -0.143. The highest BCUT2D eigenvalue weighted by atomic mass is 32.1. The predicted octanol–water partition coefficient (Wildman–Crippen LogP) is -10.0. The summed E-state index contributed by atoms with van der Waals surface area (Å²) in [5.74, 6) is -14.5. The summed E-state index contributed by atoms with van der Waals surface area (Å²) in [5.41, 5.74) is 56.4. The number of aliphatic carboxylic acids is 1. The molecule has 594 valence electrons. The lowest BCUT2D eigenvalue weighted by atomic mass is 10.0. The molecule has 12 amide bonds. The van der Waals surface area contributed by atoms with Crippen molar-refractivity contribution in [2.45, 2.75) is 221 Å². The van der Waals surface area contributed by atoms with Crippen molar-refractivity contribution in [3.63, 3.8) is 0 Å². The van der Waals surface area contributed by atoms with Crippen LogP contribution in [-0.4, -0.2) is 242 Å². The summed E-state index contributed by atoms with van der Waals surface area (Å²) in [6, 6.07) is -15.9. The first kappa shape index (κ1) is 95.0. The van der Waals surface area contributed by atoms with Crippen molar-refractivity contribution in [3.8, 4) is 0 Å². The third kappa shape index (κ3) is 42.6. The molecule has 0 aromatic heterocycles. The second-order valence-corrected chi connectivity index (χ2v) is 25.1. The second-order valence-electron chi connectivity index (χ2n) is 24.7. The molecule has 0 radical (unpaired) electrons. The van der Waals surface area contributed by atoms with Crippen LogP contribution in [0.15, 0.2) is 0 Å². The van der Waals surface area contributed by atoms with Gasteiger partial charge in [-0.3, -0.25) is 73.8 Å². The topological polar surface area (TPSA) is 763 Å². The molecule has 0 saturated carbocycles. The van der Waals surface area contributed by atoms with Crippen LogP contribution in [0.1, 0.15) is 148 Å². The van der Waals surface area contributed by atoms with Crippen LogP contribution in [0.5, 0.6) is 0 Å². The summed E-state index contributed by atoms with van der Waals surface area (Å²) < 4.78 is 0. The predicted molar refractivity (Wildman–Crippen MR) is 389 cm³/mol. The van der Waals surface area contributed by atoms with Crippen LogP contribution in [0.3, 0.4) is 0 Å². The summed E-state index contributed by atoms with van der Waals surface area (Å²) in [5, 5.41) is 77.8. The number of unbranched alkanes of at least 4 members (excludes halogenated alkanes) is 5. The maximum Gasteiger partial charge on any atom is 0.326 e. The third-order valence-electron chi connectivity index (χ3n) is 15.8. The van der Waals surface area contributed by atoms with Crippen molar-refractivity contribution >= 4 is 107 Å². The van der Waals surface area contributed by atoms with Crippen LogP contribution in [0.4, 0.5) is 0 Å². The minimum absolute atomic E-state index is 0.00357. The maximum absolute atomic E-state index is 14.4. The number of nitrogens with two attached hydrogens (primary N) is 10. The zero-order valence-electron chi connectivity index (χ0n) is 59.5. The molecular weight excluding hydrogens is 1380 g/mol. The van der Waals surface area contributed by atoms with Crippen LogP contribution >= 0.6 is 12.6 Å². The molecule has 39 N–H and O–H groups in total. The van der Waals surface area contributed by atoms with Crippen molar-refractivity contribution in [2.24, 2.45) is 57.3 Å². The summed E-state index contributed by atoms with van der Waals surface area (Å²) in [4.78, 5) is 178. The Morgan fingerprint density at radius 1 is 0.356 bits per heavy atom. The van der Waals surface area contributed by atoms with Crippen molar-refractivity contribution in [1.82, 2.24) is 74.4 Å². The van der Waals surface area contributed by atoms with Gasteiger partial charge in [-0.15, -0.1) is 0 Å². The summed E-state index contributed by atoms with van der Waals surface area (Å²) in [6.07, 6.45) is 1.64. The molecule has 0 aliphatic rings. The minimum atomic E-state index is -1.81. The molecule has 104 heavy (non-hydrogen) atoms. The molecule has 42 nitrogen and oxygen atoms in total. The fraction of sp³-hybridized carbons (Fsp3) is 0.738. The van der Waals surface area contributed by atoms with E-state index in [0.717, 1.165) is 6.92 Å². The lowest BCUT2D eigenvalue weighted by Crippen LogP contribution is -2.61. The number of thiol groups is 1. The molecule has 0 spiro atoms. The number of carboxylic acid groups (broad SMARTS) is 1. The van der Waals surface area contributed by atoms with Crippen LogP contribution in [0.25, 0.3) is 0 Å². The van der Waals surface area contributed by atoms with E-state index in [9.17, 15) is 72.5 Å². The minimum Gasteiger partial charge on any atom is -0.480 e. The number of hydrogen-bond acceptors (Lipinski definition) is 24. The molecule has 43 heteroatoms. The maximum atomic E-state index is 14.4. The number of carbonyl (C=O) groups excluding carboxylic acids is 12. The van der Waals surface area contributed by atoms with Gasteiger partial charge < -0.3 is 142 Å². The quantitative estimate of drug-likeness (QED) is 0.0116. The normalized spacial score (nSPS) is 14.4. The first-order valence-electron chi connectivity index (χ1n) is 34.9. The monoisotopic (exact) mass is 1500 g/mol. The van der Waals surface area contributed by atoms with Gasteiger partial charge in [-0.05, 0) is 168 Å². The SMILES string of the molecule is C[C@@H](O)[C@H](NC(=O)[C@H](CCCNC(=N)N)NC(=O)[C@H](CCCCN)NC(=O)[C@H](CC(N)=O)NC(=O)CNC(=O)[C@H](CS)NC(=O)[C@H](CCCCN)NC(=O)[C@H](CCCNC(=N)N)NC(=O)[C@H](CCCCN)NC(=O)[C@H](CCCCN)NC(=O)[C@@H](N)CCCCN)C(=O)N[C@@H](CCCNC(=N)N)C(=O)O. The highest BCUT2D eigenvalue weighted by molar-refractivity contribution is 7.80. The zero-order chi connectivity index (χ0) is 78.7. The van der Waals surface area contributed by atoms with E-state index in [1.165, 1.54) is 0 Å². The number of hydrogen-bond donors (Lipinski definition) is 30. The molecule has 0 aromatic rings.